The molecule has 8 nitrogen and oxygen atoms in total. The molecule has 0 aliphatic heterocycles. The highest BCUT2D eigenvalue weighted by Gasteiger charge is 2.15. The first kappa shape index (κ1) is 14.1. The number of carboxylic acid groups (broad SMARTS) is 1. The lowest BCUT2D eigenvalue weighted by Crippen LogP contribution is -2.12. The molecule has 0 fully saturated rings. The number of H-pyrrole nitrogens is 1. The van der Waals surface area contributed by atoms with E-state index in [-0.39, 0.29) is 5.75 Å². The van der Waals surface area contributed by atoms with Crippen molar-refractivity contribution in [2.45, 2.75) is 5.16 Å². The molecule has 3 aromatic rings. The molecule has 4 N–H and O–H groups in total. The van der Waals surface area contributed by atoms with Crippen molar-refractivity contribution in [2.24, 2.45) is 0 Å². The third-order valence-corrected chi connectivity index (χ3v) is 3.81. The molecule has 0 aliphatic carbocycles. The number of aromatic nitrogens is 5. The molecule has 0 radical (unpaired) electrons. The number of thioether (sulfide) groups is 1. The predicted molar refractivity (Wildman–Crippen MR) is 81.5 cm³/mol. The number of carbonyl (C=O) groups is 1. The van der Waals surface area contributed by atoms with Crippen molar-refractivity contribution in [3.05, 3.63) is 36.4 Å². The van der Waals surface area contributed by atoms with E-state index in [4.69, 9.17) is 10.9 Å². The van der Waals surface area contributed by atoms with E-state index in [2.05, 4.69) is 20.4 Å². The van der Waals surface area contributed by atoms with Crippen LogP contribution in [0.4, 0.5) is 0 Å². The molecule has 0 spiro atoms. The Bertz CT molecular complexity index is 798. The van der Waals surface area contributed by atoms with Crippen molar-refractivity contribution in [3.8, 4) is 22.8 Å². The first-order valence-electron chi connectivity index (χ1n) is 6.31. The van der Waals surface area contributed by atoms with Crippen LogP contribution in [0.15, 0.2) is 41.6 Å². The third kappa shape index (κ3) is 2.79. The number of nitrogens with one attached hydrogen (secondary N) is 1. The molecule has 112 valence electrons. The van der Waals surface area contributed by atoms with Gasteiger partial charge in [-0.15, -0.1) is 10.2 Å². The van der Waals surface area contributed by atoms with Gasteiger partial charge in [0.15, 0.2) is 0 Å². The summed E-state index contributed by atoms with van der Waals surface area (Å²) < 4.78 is 1.25. The topological polar surface area (TPSA) is 123 Å². The molecule has 0 unspecified atom stereocenters. The Labute approximate surface area is 129 Å². The zero-order chi connectivity index (χ0) is 15.5. The monoisotopic (exact) mass is 316 g/mol. The van der Waals surface area contributed by atoms with Crippen molar-refractivity contribution < 1.29 is 9.90 Å². The van der Waals surface area contributed by atoms with Gasteiger partial charge in [0.05, 0.1) is 11.4 Å². The van der Waals surface area contributed by atoms with Crippen LogP contribution in [0.2, 0.25) is 0 Å². The second kappa shape index (κ2) is 5.90. The molecule has 1 aromatic carbocycles. The minimum absolute atomic E-state index is 0.131. The minimum atomic E-state index is -0.942. The quantitative estimate of drug-likeness (QED) is 0.478. The van der Waals surface area contributed by atoms with E-state index in [1.165, 1.54) is 4.68 Å². The molecule has 2 aromatic heterocycles. The maximum atomic E-state index is 10.6. The van der Waals surface area contributed by atoms with Gasteiger partial charge in [-0.1, -0.05) is 42.1 Å². The maximum absolute atomic E-state index is 10.6. The van der Waals surface area contributed by atoms with E-state index in [0.29, 0.717) is 16.7 Å². The van der Waals surface area contributed by atoms with Gasteiger partial charge in [-0.05, 0) is 6.07 Å². The van der Waals surface area contributed by atoms with Crippen LogP contribution < -0.4 is 5.84 Å². The number of benzene rings is 1. The van der Waals surface area contributed by atoms with Crippen LogP contribution in [0.1, 0.15) is 0 Å². The molecular weight excluding hydrogens is 304 g/mol. The predicted octanol–water partition coefficient (Wildman–Crippen LogP) is 1.23. The largest absolute Gasteiger partial charge is 0.481 e. The molecular formula is C13H12N6O2S. The van der Waals surface area contributed by atoms with Crippen LogP contribution in [0.25, 0.3) is 22.8 Å². The van der Waals surface area contributed by atoms with Crippen molar-refractivity contribution >= 4 is 17.7 Å². The van der Waals surface area contributed by atoms with E-state index in [9.17, 15) is 4.79 Å². The van der Waals surface area contributed by atoms with Gasteiger partial charge >= 0.3 is 5.97 Å². The Balaban J connectivity index is 1.86. The number of rotatable bonds is 5. The van der Waals surface area contributed by atoms with E-state index >= 15 is 0 Å². The number of nitrogens with two attached hydrogens (primary N) is 1. The number of carboxylic acids is 1. The molecule has 9 heteroatoms. The highest BCUT2D eigenvalue weighted by Crippen LogP contribution is 2.24. The molecule has 0 aliphatic rings. The normalized spacial score (nSPS) is 10.7. The number of nitrogens with zero attached hydrogens (tertiary/aromatic N) is 4. The number of aromatic amines is 1. The first-order valence-corrected chi connectivity index (χ1v) is 7.30. The minimum Gasteiger partial charge on any atom is -0.481 e. The Morgan fingerprint density at radius 2 is 2.09 bits per heavy atom. The van der Waals surface area contributed by atoms with Gasteiger partial charge in [0, 0.05) is 5.56 Å². The molecule has 0 saturated heterocycles. The highest BCUT2D eigenvalue weighted by atomic mass is 32.2. The van der Waals surface area contributed by atoms with Crippen molar-refractivity contribution in [1.29, 1.82) is 0 Å². The fourth-order valence-electron chi connectivity index (χ4n) is 1.88. The van der Waals surface area contributed by atoms with Gasteiger partial charge in [0.25, 0.3) is 0 Å². The second-order valence-electron chi connectivity index (χ2n) is 4.39. The maximum Gasteiger partial charge on any atom is 0.313 e. The summed E-state index contributed by atoms with van der Waals surface area (Å²) in [6, 6.07) is 11.5. The Hall–Kier alpha value is -2.81. The third-order valence-electron chi connectivity index (χ3n) is 2.88. The highest BCUT2D eigenvalue weighted by molar-refractivity contribution is 7.99. The summed E-state index contributed by atoms with van der Waals surface area (Å²) in [5.74, 6) is 5.22. The van der Waals surface area contributed by atoms with Crippen LogP contribution in [0, 0.1) is 0 Å². The van der Waals surface area contributed by atoms with E-state index in [1.807, 2.05) is 36.4 Å². The SMILES string of the molecule is Nn1c(SCC(=O)O)nnc1-c1cc(-c2ccccc2)n[nH]1. The van der Waals surface area contributed by atoms with Gasteiger partial charge in [0.1, 0.15) is 5.69 Å². The van der Waals surface area contributed by atoms with Crippen LogP contribution in [-0.2, 0) is 4.79 Å². The number of aliphatic carboxylic acids is 1. The zero-order valence-electron chi connectivity index (χ0n) is 11.3. The Morgan fingerprint density at radius 3 is 2.82 bits per heavy atom. The zero-order valence-corrected chi connectivity index (χ0v) is 12.1. The van der Waals surface area contributed by atoms with Crippen molar-refractivity contribution in [2.75, 3.05) is 11.6 Å². The Kier molecular flexibility index (Phi) is 3.79. The fraction of sp³-hybridized carbons (Fsp3) is 0.0769. The summed E-state index contributed by atoms with van der Waals surface area (Å²) in [5, 5.41) is 24.0. The number of nitrogen functional groups attached to an aromatic ring is 1. The molecule has 3 rings (SSSR count). The molecule has 0 amide bonds. The summed E-state index contributed by atoms with van der Waals surface area (Å²) in [6.07, 6.45) is 0. The van der Waals surface area contributed by atoms with E-state index in [0.717, 1.165) is 23.0 Å². The second-order valence-corrected chi connectivity index (χ2v) is 5.33. The lowest BCUT2D eigenvalue weighted by atomic mass is 10.1. The number of hydrogen-bond donors (Lipinski definition) is 3. The first-order chi connectivity index (χ1) is 10.6. The molecule has 2 heterocycles. The van der Waals surface area contributed by atoms with Crippen LogP contribution in [-0.4, -0.2) is 41.9 Å². The van der Waals surface area contributed by atoms with Gasteiger partial charge in [-0.25, -0.2) is 4.68 Å². The van der Waals surface area contributed by atoms with Crippen LogP contribution in [0.3, 0.4) is 0 Å². The van der Waals surface area contributed by atoms with Crippen LogP contribution >= 0.6 is 11.8 Å². The summed E-state index contributed by atoms with van der Waals surface area (Å²) in [6.45, 7) is 0. The van der Waals surface area contributed by atoms with Crippen molar-refractivity contribution in [1.82, 2.24) is 25.1 Å². The van der Waals surface area contributed by atoms with Gasteiger partial charge in [-0.3, -0.25) is 9.89 Å². The summed E-state index contributed by atoms with van der Waals surface area (Å²) in [5.41, 5.74) is 2.34. The fourth-order valence-corrected chi connectivity index (χ4v) is 2.46. The summed E-state index contributed by atoms with van der Waals surface area (Å²) in [7, 11) is 0. The average Bonchev–Trinajstić information content (AvgIpc) is 3.13. The Morgan fingerprint density at radius 1 is 1.32 bits per heavy atom. The average molecular weight is 316 g/mol. The van der Waals surface area contributed by atoms with Crippen LogP contribution in [0.5, 0.6) is 0 Å². The van der Waals surface area contributed by atoms with Gasteiger partial charge in [-0.2, -0.15) is 5.10 Å². The molecule has 0 saturated carbocycles. The smallest absolute Gasteiger partial charge is 0.313 e. The lowest BCUT2D eigenvalue weighted by molar-refractivity contribution is -0.133. The summed E-state index contributed by atoms with van der Waals surface area (Å²) in [4.78, 5) is 10.6. The van der Waals surface area contributed by atoms with E-state index in [1.54, 1.807) is 0 Å². The lowest BCUT2D eigenvalue weighted by Gasteiger charge is -2.00. The standard InChI is InChI=1S/C13H12N6O2S/c14-19-12(17-18-13(19)22-7-11(20)21)10-6-9(15-16-10)8-4-2-1-3-5-8/h1-6H,7,14H2,(H,15,16)(H,20,21). The molecule has 22 heavy (non-hydrogen) atoms. The van der Waals surface area contributed by atoms with Gasteiger partial charge < -0.3 is 10.9 Å². The molecule has 0 atom stereocenters. The van der Waals surface area contributed by atoms with Gasteiger partial charge in [0.2, 0.25) is 11.0 Å². The summed E-state index contributed by atoms with van der Waals surface area (Å²) >= 11 is 1.00. The van der Waals surface area contributed by atoms with Crippen molar-refractivity contribution in [3.63, 3.8) is 0 Å². The van der Waals surface area contributed by atoms with E-state index < -0.39 is 5.97 Å². The number of hydrogen-bond acceptors (Lipinski definition) is 6. The molecule has 0 bridgehead atoms.